The lowest BCUT2D eigenvalue weighted by Crippen LogP contribution is -2.43. The highest BCUT2D eigenvalue weighted by Gasteiger charge is 2.46. The van der Waals surface area contributed by atoms with Gasteiger partial charge in [-0.3, -0.25) is 19.3 Å². The Kier molecular flexibility index (Phi) is 5.30. The van der Waals surface area contributed by atoms with Crippen LogP contribution in [0, 0.1) is 0 Å². The third kappa shape index (κ3) is 3.80. The summed E-state index contributed by atoms with van der Waals surface area (Å²) in [5.41, 5.74) is 1.97. The molecule has 0 saturated carbocycles. The Morgan fingerprint density at radius 3 is 2.46 bits per heavy atom. The molecule has 28 heavy (non-hydrogen) atoms. The first-order valence-corrected chi connectivity index (χ1v) is 8.70. The zero-order valence-electron chi connectivity index (χ0n) is 14.8. The lowest BCUT2D eigenvalue weighted by Gasteiger charge is -2.28. The lowest BCUT2D eigenvalue weighted by atomic mass is 9.95. The van der Waals surface area contributed by atoms with Gasteiger partial charge in [0, 0.05) is 25.9 Å². The normalized spacial score (nSPS) is 19.1. The van der Waals surface area contributed by atoms with Crippen LogP contribution < -0.4 is 5.32 Å². The maximum atomic E-state index is 12.6. The Balaban J connectivity index is 1.61. The zero-order chi connectivity index (χ0) is 20.4. The topological polar surface area (TPSA) is 144 Å². The van der Waals surface area contributed by atoms with Gasteiger partial charge in [0.25, 0.3) is 5.91 Å². The molecule has 4 amide bonds. The van der Waals surface area contributed by atoms with Crippen LogP contribution in [0.5, 0.6) is 0 Å². The van der Waals surface area contributed by atoms with Crippen molar-refractivity contribution in [3.63, 3.8) is 0 Å². The predicted molar refractivity (Wildman–Crippen MR) is 93.0 cm³/mol. The highest BCUT2D eigenvalue weighted by Crippen LogP contribution is 2.29. The molecular formula is C18H19N3O7. The van der Waals surface area contributed by atoms with E-state index in [1.165, 1.54) is 4.90 Å². The molecule has 1 fully saturated rings. The smallest absolute Gasteiger partial charge is 0.327 e. The summed E-state index contributed by atoms with van der Waals surface area (Å²) < 4.78 is 0. The number of hydrogen-bond acceptors (Lipinski definition) is 5. The number of aliphatic carboxylic acids is 2. The van der Waals surface area contributed by atoms with Gasteiger partial charge in [-0.1, -0.05) is 24.3 Å². The van der Waals surface area contributed by atoms with Crippen LogP contribution >= 0.6 is 0 Å². The summed E-state index contributed by atoms with van der Waals surface area (Å²) in [6.45, 7) is 0.111. The van der Waals surface area contributed by atoms with Gasteiger partial charge in [0.1, 0.15) is 12.1 Å². The van der Waals surface area contributed by atoms with Gasteiger partial charge in [-0.05, 0) is 11.1 Å². The Morgan fingerprint density at radius 1 is 1.14 bits per heavy atom. The first-order valence-electron chi connectivity index (χ1n) is 8.70. The average Bonchev–Trinajstić information content (AvgIpc) is 2.87. The van der Waals surface area contributed by atoms with Crippen molar-refractivity contribution >= 4 is 29.8 Å². The summed E-state index contributed by atoms with van der Waals surface area (Å²) in [5, 5.41) is 19.7. The van der Waals surface area contributed by atoms with Gasteiger partial charge in [-0.15, -0.1) is 0 Å². The number of urea groups is 1. The SMILES string of the molecule is O=C(O)C[C@@H](NC(=O)CCN1C(=O)[C@@H]2Cc3ccccc3CN2C1=O)C(=O)O. The molecule has 0 radical (unpaired) electrons. The molecule has 0 bridgehead atoms. The van der Waals surface area contributed by atoms with Gasteiger partial charge < -0.3 is 20.4 Å². The number of carbonyl (C=O) groups excluding carboxylic acids is 3. The van der Waals surface area contributed by atoms with Crippen molar-refractivity contribution in [1.29, 1.82) is 0 Å². The van der Waals surface area contributed by atoms with Gasteiger partial charge in [0.05, 0.1) is 6.42 Å². The third-order valence-corrected chi connectivity index (χ3v) is 4.85. The van der Waals surface area contributed by atoms with Crippen LogP contribution in [0.4, 0.5) is 4.79 Å². The van der Waals surface area contributed by atoms with E-state index < -0.39 is 48.3 Å². The van der Waals surface area contributed by atoms with Crippen molar-refractivity contribution in [3.05, 3.63) is 35.4 Å². The Labute approximate surface area is 159 Å². The Bertz CT molecular complexity index is 810. The molecule has 3 N–H and O–H groups in total. The molecule has 1 saturated heterocycles. The third-order valence-electron chi connectivity index (χ3n) is 4.85. The largest absolute Gasteiger partial charge is 0.481 e. The number of carboxylic acid groups (broad SMARTS) is 2. The van der Waals surface area contributed by atoms with E-state index in [2.05, 4.69) is 5.32 Å². The van der Waals surface area contributed by atoms with Gasteiger partial charge in [-0.2, -0.15) is 0 Å². The molecule has 10 nitrogen and oxygen atoms in total. The van der Waals surface area contributed by atoms with Crippen LogP contribution in [-0.4, -0.2) is 68.4 Å². The summed E-state index contributed by atoms with van der Waals surface area (Å²) in [5.74, 6) is -3.98. The number of carbonyl (C=O) groups is 5. The lowest BCUT2D eigenvalue weighted by molar-refractivity contribution is -0.147. The number of rotatable bonds is 7. The molecule has 0 unspecified atom stereocenters. The van der Waals surface area contributed by atoms with E-state index in [-0.39, 0.29) is 13.0 Å². The summed E-state index contributed by atoms with van der Waals surface area (Å²) in [7, 11) is 0. The molecule has 2 atom stereocenters. The maximum absolute atomic E-state index is 12.6. The fourth-order valence-electron chi connectivity index (χ4n) is 3.43. The number of carboxylic acids is 2. The van der Waals surface area contributed by atoms with Crippen molar-refractivity contribution < 1.29 is 34.2 Å². The highest BCUT2D eigenvalue weighted by atomic mass is 16.4. The molecule has 2 aliphatic heterocycles. The Morgan fingerprint density at radius 2 is 1.82 bits per heavy atom. The number of benzene rings is 1. The second-order valence-corrected chi connectivity index (χ2v) is 6.70. The van der Waals surface area contributed by atoms with E-state index in [1.807, 2.05) is 24.3 Å². The molecule has 2 aliphatic rings. The Hall–Kier alpha value is -3.43. The van der Waals surface area contributed by atoms with Crippen LogP contribution in [0.1, 0.15) is 24.0 Å². The summed E-state index contributed by atoms with van der Waals surface area (Å²) in [6, 6.07) is 4.87. The summed E-state index contributed by atoms with van der Waals surface area (Å²) in [4.78, 5) is 61.3. The van der Waals surface area contributed by atoms with E-state index in [1.54, 1.807) is 0 Å². The first kappa shape index (κ1) is 19.3. The minimum absolute atomic E-state index is 0.202. The molecule has 1 aromatic rings. The first-order chi connectivity index (χ1) is 13.3. The standard InChI is InChI=1S/C18H19N3O7/c22-14(19-12(17(26)27)8-15(23)24)5-6-20-16(25)13-7-10-3-1-2-4-11(10)9-21(13)18(20)28/h1-4,12-13H,5-9H2,(H,19,22)(H,23,24)(H,26,27)/t12-,13+/m1/s1. The minimum atomic E-state index is -1.57. The van der Waals surface area contributed by atoms with Gasteiger partial charge in [-0.25, -0.2) is 9.59 Å². The van der Waals surface area contributed by atoms with E-state index in [0.717, 1.165) is 16.0 Å². The van der Waals surface area contributed by atoms with Crippen molar-refractivity contribution in [1.82, 2.24) is 15.1 Å². The second-order valence-electron chi connectivity index (χ2n) is 6.70. The highest BCUT2D eigenvalue weighted by molar-refractivity contribution is 6.05. The summed E-state index contributed by atoms with van der Waals surface area (Å²) >= 11 is 0. The molecule has 10 heteroatoms. The molecule has 3 rings (SSSR count). The molecule has 2 heterocycles. The number of fused-ring (bicyclic) bond motifs is 2. The summed E-state index contributed by atoms with van der Waals surface area (Å²) in [6.07, 6.45) is -0.672. The van der Waals surface area contributed by atoms with Crippen LogP contribution in [0.3, 0.4) is 0 Å². The monoisotopic (exact) mass is 389 g/mol. The van der Waals surface area contributed by atoms with E-state index in [9.17, 15) is 24.0 Å². The fraction of sp³-hybridized carbons (Fsp3) is 0.389. The quantitative estimate of drug-likeness (QED) is 0.548. The minimum Gasteiger partial charge on any atom is -0.481 e. The predicted octanol–water partition coefficient (Wildman–Crippen LogP) is -0.190. The number of hydrogen-bond donors (Lipinski definition) is 3. The van der Waals surface area contributed by atoms with Crippen molar-refractivity contribution in [3.8, 4) is 0 Å². The van der Waals surface area contributed by atoms with E-state index in [4.69, 9.17) is 10.2 Å². The van der Waals surface area contributed by atoms with E-state index in [0.29, 0.717) is 13.0 Å². The van der Waals surface area contributed by atoms with Crippen LogP contribution in [0.2, 0.25) is 0 Å². The molecular weight excluding hydrogens is 370 g/mol. The molecule has 0 aromatic heterocycles. The average molecular weight is 389 g/mol. The number of nitrogens with zero attached hydrogens (tertiary/aromatic N) is 2. The van der Waals surface area contributed by atoms with Crippen LogP contribution in [0.15, 0.2) is 24.3 Å². The maximum Gasteiger partial charge on any atom is 0.327 e. The van der Waals surface area contributed by atoms with Crippen LogP contribution in [-0.2, 0) is 32.1 Å². The van der Waals surface area contributed by atoms with Crippen LogP contribution in [0.25, 0.3) is 0 Å². The van der Waals surface area contributed by atoms with Crippen molar-refractivity contribution in [2.45, 2.75) is 37.9 Å². The zero-order valence-corrected chi connectivity index (χ0v) is 14.8. The molecule has 148 valence electrons. The molecule has 0 aliphatic carbocycles. The van der Waals surface area contributed by atoms with Crippen molar-refractivity contribution in [2.24, 2.45) is 0 Å². The van der Waals surface area contributed by atoms with Gasteiger partial charge in [0.15, 0.2) is 0 Å². The van der Waals surface area contributed by atoms with E-state index >= 15 is 0 Å². The molecule has 0 spiro atoms. The fourth-order valence-corrected chi connectivity index (χ4v) is 3.43. The van der Waals surface area contributed by atoms with Gasteiger partial charge in [0.2, 0.25) is 5.91 Å². The van der Waals surface area contributed by atoms with Gasteiger partial charge >= 0.3 is 18.0 Å². The molecule has 1 aromatic carbocycles. The number of imide groups is 1. The number of nitrogens with one attached hydrogen (secondary N) is 1. The second kappa shape index (κ2) is 7.67. The number of amides is 4. The van der Waals surface area contributed by atoms with Crippen molar-refractivity contribution in [2.75, 3.05) is 6.54 Å².